The van der Waals surface area contributed by atoms with Crippen molar-refractivity contribution in [3.63, 3.8) is 0 Å². The van der Waals surface area contributed by atoms with E-state index in [9.17, 15) is 14.7 Å². The van der Waals surface area contributed by atoms with Crippen molar-refractivity contribution in [1.82, 2.24) is 0 Å². The number of fused-ring (bicyclic) bond motifs is 7. The molecule has 0 bridgehead atoms. The van der Waals surface area contributed by atoms with Crippen LogP contribution in [0.15, 0.2) is 22.8 Å². The monoisotopic (exact) mass is 496 g/mol. The molecule has 4 nitrogen and oxygen atoms in total. The lowest BCUT2D eigenvalue weighted by Crippen LogP contribution is -2.66. The van der Waals surface area contributed by atoms with E-state index in [0.717, 1.165) is 38.5 Å². The summed E-state index contributed by atoms with van der Waals surface area (Å²) in [5.41, 5.74) is 3.56. The standard InChI is InChI=1S/C32H48O4/c1-19-11-16-32(27(34)35)18-17-30(7)22(26(32)20(19)2)9-10-24-29(6)14-13-25(36-21(3)33)28(4,5)23(29)12-15-31(24,30)8/h11,22-25H,9-10,12-18H2,1-8H3,(H,34,35). The largest absolute Gasteiger partial charge is 0.481 e. The van der Waals surface area contributed by atoms with Gasteiger partial charge < -0.3 is 9.84 Å². The fourth-order valence-corrected chi connectivity index (χ4v) is 11.0. The number of rotatable bonds is 2. The molecule has 0 aliphatic heterocycles. The van der Waals surface area contributed by atoms with E-state index < -0.39 is 11.4 Å². The van der Waals surface area contributed by atoms with E-state index in [0.29, 0.717) is 24.2 Å². The first-order valence-corrected chi connectivity index (χ1v) is 14.4. The summed E-state index contributed by atoms with van der Waals surface area (Å²) >= 11 is 0. The fraction of sp³-hybridized carbons (Fsp3) is 0.812. The summed E-state index contributed by atoms with van der Waals surface area (Å²) in [5.74, 6) is 0.716. The van der Waals surface area contributed by atoms with Crippen molar-refractivity contribution < 1.29 is 19.4 Å². The molecule has 0 aromatic carbocycles. The first-order valence-electron chi connectivity index (χ1n) is 14.4. The number of carboxylic acid groups (broad SMARTS) is 1. The zero-order chi connectivity index (χ0) is 26.5. The maximum atomic E-state index is 12.8. The molecule has 8 atom stereocenters. The minimum absolute atomic E-state index is 0.0000248. The SMILES string of the molecule is CC(=O)OC1CCC2(C)C(CCC3(C)C2CCC2C4=C(C)C(C)=CCC4(C(=O)O)CCC23C)C1(C)C. The van der Waals surface area contributed by atoms with Crippen LogP contribution in [0.5, 0.6) is 0 Å². The Morgan fingerprint density at radius 3 is 2.22 bits per heavy atom. The van der Waals surface area contributed by atoms with Crippen LogP contribution in [-0.2, 0) is 14.3 Å². The molecular weight excluding hydrogens is 448 g/mol. The summed E-state index contributed by atoms with van der Waals surface area (Å²) in [5, 5.41) is 10.5. The van der Waals surface area contributed by atoms with Gasteiger partial charge in [-0.1, -0.05) is 46.3 Å². The molecule has 5 aliphatic rings. The number of hydrogen-bond donors (Lipinski definition) is 1. The minimum atomic E-state index is -0.706. The summed E-state index contributed by atoms with van der Waals surface area (Å²) < 4.78 is 5.88. The van der Waals surface area contributed by atoms with E-state index >= 15 is 0 Å². The van der Waals surface area contributed by atoms with Gasteiger partial charge in [-0.05, 0) is 117 Å². The Bertz CT molecular complexity index is 1050. The number of carboxylic acids is 1. The molecule has 8 unspecified atom stereocenters. The van der Waals surface area contributed by atoms with Crippen LogP contribution in [-0.4, -0.2) is 23.1 Å². The number of allylic oxidation sites excluding steroid dienone is 3. The molecule has 0 saturated heterocycles. The summed E-state index contributed by atoms with van der Waals surface area (Å²) in [7, 11) is 0. The molecule has 0 aromatic rings. The Hall–Kier alpha value is -1.58. The molecule has 4 heteroatoms. The third-order valence-electron chi connectivity index (χ3n) is 13.2. The van der Waals surface area contributed by atoms with Crippen molar-refractivity contribution in [2.45, 2.75) is 119 Å². The van der Waals surface area contributed by atoms with Gasteiger partial charge in [0.25, 0.3) is 0 Å². The third-order valence-corrected chi connectivity index (χ3v) is 13.2. The Labute approximate surface area is 218 Å². The molecule has 1 N–H and O–H groups in total. The zero-order valence-electron chi connectivity index (χ0n) is 23.9. The molecule has 0 spiro atoms. The van der Waals surface area contributed by atoms with Crippen LogP contribution in [0.4, 0.5) is 0 Å². The average molecular weight is 497 g/mol. The average Bonchev–Trinajstić information content (AvgIpc) is 2.78. The van der Waals surface area contributed by atoms with Crippen LogP contribution >= 0.6 is 0 Å². The van der Waals surface area contributed by atoms with Crippen LogP contribution in [0, 0.1) is 44.8 Å². The fourth-order valence-electron chi connectivity index (χ4n) is 11.0. The maximum Gasteiger partial charge on any atom is 0.314 e. The van der Waals surface area contributed by atoms with E-state index in [4.69, 9.17) is 4.74 Å². The van der Waals surface area contributed by atoms with Gasteiger partial charge in [-0.3, -0.25) is 9.59 Å². The molecule has 5 rings (SSSR count). The Morgan fingerprint density at radius 2 is 1.58 bits per heavy atom. The van der Waals surface area contributed by atoms with Crippen molar-refractivity contribution in [2.75, 3.05) is 0 Å². The Balaban J connectivity index is 1.55. The molecule has 4 fully saturated rings. The second kappa shape index (κ2) is 7.96. The minimum Gasteiger partial charge on any atom is -0.481 e. The second-order valence-corrected chi connectivity index (χ2v) is 14.6. The second-order valence-electron chi connectivity index (χ2n) is 14.6. The smallest absolute Gasteiger partial charge is 0.314 e. The molecule has 0 heterocycles. The van der Waals surface area contributed by atoms with Crippen LogP contribution in [0.2, 0.25) is 0 Å². The van der Waals surface area contributed by atoms with E-state index in [1.165, 1.54) is 29.6 Å². The molecule has 0 radical (unpaired) electrons. The van der Waals surface area contributed by atoms with Crippen molar-refractivity contribution in [1.29, 1.82) is 0 Å². The van der Waals surface area contributed by atoms with Gasteiger partial charge in [0.05, 0.1) is 5.41 Å². The Morgan fingerprint density at radius 1 is 0.889 bits per heavy atom. The van der Waals surface area contributed by atoms with Gasteiger partial charge in [-0.15, -0.1) is 0 Å². The van der Waals surface area contributed by atoms with Gasteiger partial charge in [-0.25, -0.2) is 0 Å². The predicted molar refractivity (Wildman–Crippen MR) is 142 cm³/mol. The highest BCUT2D eigenvalue weighted by Gasteiger charge is 2.70. The van der Waals surface area contributed by atoms with Crippen LogP contribution in [0.25, 0.3) is 0 Å². The quantitative estimate of drug-likeness (QED) is 0.397. The van der Waals surface area contributed by atoms with Crippen LogP contribution in [0.3, 0.4) is 0 Å². The summed E-state index contributed by atoms with van der Waals surface area (Å²) in [6.07, 6.45) is 11.3. The first-order chi connectivity index (χ1) is 16.6. The van der Waals surface area contributed by atoms with E-state index in [1.54, 1.807) is 6.92 Å². The van der Waals surface area contributed by atoms with Crippen molar-refractivity contribution in [3.05, 3.63) is 22.8 Å². The summed E-state index contributed by atoms with van der Waals surface area (Å²) in [6.45, 7) is 18.2. The molecular formula is C32H48O4. The van der Waals surface area contributed by atoms with E-state index in [1.807, 2.05) is 0 Å². The van der Waals surface area contributed by atoms with Gasteiger partial charge in [0.2, 0.25) is 0 Å². The Kier molecular flexibility index (Phi) is 5.76. The third kappa shape index (κ3) is 3.11. The molecule has 4 saturated carbocycles. The summed E-state index contributed by atoms with van der Waals surface area (Å²) in [4.78, 5) is 24.7. The number of carbonyl (C=O) groups excluding carboxylic acids is 1. The van der Waals surface area contributed by atoms with Crippen LogP contribution in [0.1, 0.15) is 113 Å². The molecule has 5 aliphatic carbocycles. The van der Waals surface area contributed by atoms with Gasteiger partial charge in [0, 0.05) is 12.3 Å². The number of ether oxygens (including phenoxy) is 1. The topological polar surface area (TPSA) is 63.6 Å². The zero-order valence-corrected chi connectivity index (χ0v) is 23.9. The predicted octanol–water partition coefficient (Wildman–Crippen LogP) is 7.72. The highest BCUT2D eigenvalue weighted by molar-refractivity contribution is 5.81. The number of aliphatic carboxylic acids is 1. The lowest BCUT2D eigenvalue weighted by atomic mass is 9.32. The molecule has 200 valence electrons. The van der Waals surface area contributed by atoms with E-state index in [2.05, 4.69) is 54.5 Å². The maximum absolute atomic E-state index is 12.8. The number of carbonyl (C=O) groups is 2. The lowest BCUT2D eigenvalue weighted by Gasteiger charge is -2.72. The van der Waals surface area contributed by atoms with Crippen molar-refractivity contribution in [2.24, 2.45) is 44.8 Å². The molecule has 0 amide bonds. The van der Waals surface area contributed by atoms with Crippen molar-refractivity contribution >= 4 is 11.9 Å². The molecule has 0 aromatic heterocycles. The number of esters is 1. The van der Waals surface area contributed by atoms with Gasteiger partial charge >= 0.3 is 11.9 Å². The molecule has 36 heavy (non-hydrogen) atoms. The summed E-state index contributed by atoms with van der Waals surface area (Å²) in [6, 6.07) is 0. The first kappa shape index (κ1) is 26.0. The van der Waals surface area contributed by atoms with Gasteiger partial charge in [-0.2, -0.15) is 0 Å². The lowest BCUT2D eigenvalue weighted by molar-refractivity contribution is -0.233. The normalized spacial score (nSPS) is 47.5. The van der Waals surface area contributed by atoms with E-state index in [-0.39, 0.29) is 33.7 Å². The highest BCUT2D eigenvalue weighted by Crippen LogP contribution is 2.76. The van der Waals surface area contributed by atoms with Crippen molar-refractivity contribution in [3.8, 4) is 0 Å². The van der Waals surface area contributed by atoms with Gasteiger partial charge in [0.15, 0.2) is 0 Å². The number of hydrogen-bond acceptors (Lipinski definition) is 3. The highest BCUT2D eigenvalue weighted by atomic mass is 16.5. The van der Waals surface area contributed by atoms with Gasteiger partial charge in [0.1, 0.15) is 6.10 Å². The van der Waals surface area contributed by atoms with Crippen LogP contribution < -0.4 is 0 Å².